The lowest BCUT2D eigenvalue weighted by Crippen LogP contribution is -2.39. The van der Waals surface area contributed by atoms with Crippen LogP contribution >= 0.6 is 0 Å². The van der Waals surface area contributed by atoms with Crippen molar-refractivity contribution in [2.45, 2.75) is 6.54 Å². The molecule has 0 bridgehead atoms. The number of rotatable bonds is 6. The van der Waals surface area contributed by atoms with Crippen molar-refractivity contribution < 1.29 is 4.79 Å². The maximum absolute atomic E-state index is 12.8. The molecule has 0 saturated heterocycles. The minimum absolute atomic E-state index is 0.106. The van der Waals surface area contributed by atoms with E-state index in [0.29, 0.717) is 13.1 Å². The quantitative estimate of drug-likeness (QED) is 0.736. The second kappa shape index (κ2) is 8.45. The Bertz CT molecular complexity index is 864. The first-order valence-corrected chi connectivity index (χ1v) is 8.70. The van der Waals surface area contributed by atoms with E-state index in [1.807, 2.05) is 67.5 Å². The van der Waals surface area contributed by atoms with Crippen LogP contribution in [0.5, 0.6) is 0 Å². The summed E-state index contributed by atoms with van der Waals surface area (Å²) in [5, 5.41) is 5.29. The highest BCUT2D eigenvalue weighted by Gasteiger charge is 2.15. The second-order valence-electron chi connectivity index (χ2n) is 6.58. The Balaban J connectivity index is 1.74. The third-order valence-electron chi connectivity index (χ3n) is 4.20. The summed E-state index contributed by atoms with van der Waals surface area (Å²) in [7, 11) is 4.01. The van der Waals surface area contributed by atoms with Crippen molar-refractivity contribution in [3.8, 4) is 0 Å². The lowest BCUT2D eigenvalue weighted by molar-refractivity contribution is 0.202. The normalized spacial score (nSPS) is 10.9. The monoisotopic (exact) mass is 348 g/mol. The van der Waals surface area contributed by atoms with Crippen molar-refractivity contribution in [3.63, 3.8) is 0 Å². The van der Waals surface area contributed by atoms with E-state index in [1.165, 1.54) is 0 Å². The minimum Gasteiger partial charge on any atom is -0.319 e. The maximum atomic E-state index is 12.8. The first-order chi connectivity index (χ1) is 12.6. The highest BCUT2D eigenvalue weighted by atomic mass is 16.2. The molecule has 2 amide bonds. The molecule has 3 aromatic rings. The van der Waals surface area contributed by atoms with Gasteiger partial charge in [0.15, 0.2) is 0 Å². The molecule has 0 unspecified atom stereocenters. The van der Waals surface area contributed by atoms with Crippen LogP contribution < -0.4 is 5.32 Å². The lowest BCUT2D eigenvalue weighted by Gasteiger charge is -2.25. The second-order valence-corrected chi connectivity index (χ2v) is 6.58. The summed E-state index contributed by atoms with van der Waals surface area (Å²) in [5.74, 6) is 0. The fourth-order valence-corrected chi connectivity index (χ4v) is 2.75. The molecule has 0 fully saturated rings. The highest BCUT2D eigenvalue weighted by molar-refractivity contribution is 5.93. The van der Waals surface area contributed by atoms with E-state index in [9.17, 15) is 4.79 Å². The van der Waals surface area contributed by atoms with Crippen molar-refractivity contribution in [1.29, 1.82) is 0 Å². The van der Waals surface area contributed by atoms with Crippen LogP contribution in [0, 0.1) is 0 Å². The molecular formula is C21H24N4O. The number of aromatic nitrogens is 1. The van der Waals surface area contributed by atoms with E-state index >= 15 is 0 Å². The molecule has 134 valence electrons. The summed E-state index contributed by atoms with van der Waals surface area (Å²) in [4.78, 5) is 20.9. The third-order valence-corrected chi connectivity index (χ3v) is 4.20. The van der Waals surface area contributed by atoms with Crippen molar-refractivity contribution >= 4 is 22.5 Å². The van der Waals surface area contributed by atoms with Crippen LogP contribution in [0.1, 0.15) is 5.56 Å². The number of nitrogens with zero attached hydrogens (tertiary/aromatic N) is 3. The minimum atomic E-state index is -0.106. The highest BCUT2D eigenvalue weighted by Crippen LogP contribution is 2.19. The topological polar surface area (TPSA) is 48.5 Å². The third kappa shape index (κ3) is 4.80. The van der Waals surface area contributed by atoms with Gasteiger partial charge in [-0.15, -0.1) is 0 Å². The Kier molecular flexibility index (Phi) is 5.81. The van der Waals surface area contributed by atoms with Crippen molar-refractivity contribution in [2.24, 2.45) is 0 Å². The van der Waals surface area contributed by atoms with Gasteiger partial charge < -0.3 is 15.1 Å². The molecule has 0 aliphatic carbocycles. The molecule has 1 heterocycles. The zero-order valence-corrected chi connectivity index (χ0v) is 15.2. The first-order valence-electron chi connectivity index (χ1n) is 8.70. The maximum Gasteiger partial charge on any atom is 0.322 e. The molecule has 0 saturated carbocycles. The van der Waals surface area contributed by atoms with Crippen LogP contribution in [0.4, 0.5) is 10.5 Å². The molecule has 5 nitrogen and oxygen atoms in total. The summed E-state index contributed by atoms with van der Waals surface area (Å²) >= 11 is 0. The molecule has 1 N–H and O–H groups in total. The van der Waals surface area contributed by atoms with Gasteiger partial charge in [0.2, 0.25) is 0 Å². The van der Waals surface area contributed by atoms with Crippen LogP contribution in [0.15, 0.2) is 67.0 Å². The van der Waals surface area contributed by atoms with Crippen molar-refractivity contribution in [1.82, 2.24) is 14.8 Å². The number of benzene rings is 2. The van der Waals surface area contributed by atoms with E-state index in [-0.39, 0.29) is 6.03 Å². The Morgan fingerprint density at radius 3 is 2.54 bits per heavy atom. The summed E-state index contributed by atoms with van der Waals surface area (Å²) in [6.07, 6.45) is 3.54. The Morgan fingerprint density at radius 2 is 1.81 bits per heavy atom. The first kappa shape index (κ1) is 17.9. The SMILES string of the molecule is CN(C)CCN(Cc1cccnc1)C(=O)Nc1ccc2ccccc2c1. The zero-order chi connectivity index (χ0) is 18.4. The fraction of sp³-hybridized carbons (Fsp3) is 0.238. The number of amides is 2. The van der Waals surface area contributed by atoms with Gasteiger partial charge >= 0.3 is 6.03 Å². The average Bonchev–Trinajstić information content (AvgIpc) is 2.65. The van der Waals surface area contributed by atoms with Crippen molar-refractivity contribution in [2.75, 3.05) is 32.5 Å². The van der Waals surface area contributed by atoms with E-state index in [0.717, 1.165) is 28.6 Å². The van der Waals surface area contributed by atoms with Gasteiger partial charge in [-0.25, -0.2) is 4.79 Å². The Hall–Kier alpha value is -2.92. The number of hydrogen-bond acceptors (Lipinski definition) is 3. The standard InChI is InChI=1S/C21H24N4O/c1-24(2)12-13-25(16-17-6-5-11-22-15-17)21(26)23-20-10-9-18-7-3-4-8-19(18)14-20/h3-11,14-15H,12-13,16H2,1-2H3,(H,23,26). The molecule has 2 aromatic carbocycles. The van der Waals surface area contributed by atoms with Gasteiger partial charge in [-0.1, -0.05) is 36.4 Å². The van der Waals surface area contributed by atoms with Crippen LogP contribution in [0.2, 0.25) is 0 Å². The van der Waals surface area contributed by atoms with Crippen molar-refractivity contribution in [3.05, 3.63) is 72.6 Å². The number of urea groups is 1. The van der Waals surface area contributed by atoms with Crippen LogP contribution in [-0.2, 0) is 6.54 Å². The molecule has 5 heteroatoms. The van der Waals surface area contributed by atoms with Gasteiger partial charge in [0.1, 0.15) is 0 Å². The molecule has 0 aliphatic rings. The molecule has 0 aliphatic heterocycles. The largest absolute Gasteiger partial charge is 0.322 e. The molecule has 0 radical (unpaired) electrons. The van der Waals surface area contributed by atoms with Gasteiger partial charge in [0.05, 0.1) is 0 Å². The van der Waals surface area contributed by atoms with Gasteiger partial charge in [0.25, 0.3) is 0 Å². The number of hydrogen-bond donors (Lipinski definition) is 1. The number of anilines is 1. The summed E-state index contributed by atoms with van der Waals surface area (Å²) in [6, 6.07) is 17.9. The summed E-state index contributed by atoms with van der Waals surface area (Å²) in [5.41, 5.74) is 1.81. The van der Waals surface area contributed by atoms with Gasteiger partial charge in [0, 0.05) is 37.7 Å². The molecule has 0 spiro atoms. The van der Waals surface area contributed by atoms with E-state index in [1.54, 1.807) is 12.4 Å². The number of carbonyl (C=O) groups excluding carboxylic acids is 1. The number of pyridine rings is 1. The fourth-order valence-electron chi connectivity index (χ4n) is 2.75. The number of carbonyl (C=O) groups is 1. The predicted molar refractivity (Wildman–Crippen MR) is 106 cm³/mol. The van der Waals surface area contributed by atoms with E-state index in [4.69, 9.17) is 0 Å². The van der Waals surface area contributed by atoms with E-state index < -0.39 is 0 Å². The predicted octanol–water partition coefficient (Wildman–Crippen LogP) is 3.83. The number of fused-ring (bicyclic) bond motifs is 1. The van der Waals surface area contributed by atoms with Gasteiger partial charge in [-0.2, -0.15) is 0 Å². The summed E-state index contributed by atoms with van der Waals surface area (Å²) in [6.45, 7) is 1.97. The average molecular weight is 348 g/mol. The molecule has 0 atom stereocenters. The summed E-state index contributed by atoms with van der Waals surface area (Å²) < 4.78 is 0. The molecule has 3 rings (SSSR count). The van der Waals surface area contributed by atoms with Gasteiger partial charge in [-0.05, 0) is 48.6 Å². The molecule has 1 aromatic heterocycles. The Morgan fingerprint density at radius 1 is 1.00 bits per heavy atom. The number of nitrogens with one attached hydrogen (secondary N) is 1. The number of likely N-dealkylation sites (N-methyl/N-ethyl adjacent to an activating group) is 1. The molecular weight excluding hydrogens is 324 g/mol. The lowest BCUT2D eigenvalue weighted by atomic mass is 10.1. The zero-order valence-electron chi connectivity index (χ0n) is 15.2. The molecule has 26 heavy (non-hydrogen) atoms. The van der Waals surface area contributed by atoms with E-state index in [2.05, 4.69) is 21.3 Å². The van der Waals surface area contributed by atoms with Crippen LogP contribution in [-0.4, -0.2) is 48.0 Å². The van der Waals surface area contributed by atoms with Crippen LogP contribution in [0.25, 0.3) is 10.8 Å². The van der Waals surface area contributed by atoms with Crippen LogP contribution in [0.3, 0.4) is 0 Å². The Labute approximate surface area is 154 Å². The van der Waals surface area contributed by atoms with Gasteiger partial charge in [-0.3, -0.25) is 4.98 Å². The smallest absolute Gasteiger partial charge is 0.319 e.